The number of aromatic nitrogens is 2. The molecule has 1 aromatic heterocycles. The first kappa shape index (κ1) is 23.0. The van der Waals surface area contributed by atoms with Crippen LogP contribution in [0.3, 0.4) is 0 Å². The molecule has 0 aliphatic rings. The fourth-order valence-corrected chi connectivity index (χ4v) is 4.60. The Morgan fingerprint density at radius 3 is 2.06 bits per heavy atom. The molecule has 0 radical (unpaired) electrons. The molecule has 0 atom stereocenters. The second-order valence-electron chi connectivity index (χ2n) is 6.97. The third kappa shape index (κ3) is 4.93. The highest BCUT2D eigenvalue weighted by Gasteiger charge is 2.21. The minimum Gasteiger partial charge on any atom is -0.337 e. The van der Waals surface area contributed by atoms with Crippen LogP contribution >= 0.6 is 0 Å². The topological polar surface area (TPSA) is 187 Å². The van der Waals surface area contributed by atoms with E-state index in [4.69, 9.17) is 5.14 Å². The van der Waals surface area contributed by atoms with E-state index in [9.17, 15) is 26.9 Å². The van der Waals surface area contributed by atoms with Crippen LogP contribution in [0.5, 0.6) is 0 Å². The van der Waals surface area contributed by atoms with Gasteiger partial charge in [-0.3, -0.25) is 14.8 Å². The highest BCUT2D eigenvalue weighted by atomic mass is 32.2. The molecule has 34 heavy (non-hydrogen) atoms. The molecule has 0 aliphatic carbocycles. The van der Waals surface area contributed by atoms with Gasteiger partial charge in [0.2, 0.25) is 10.0 Å². The first-order chi connectivity index (χ1) is 16.0. The van der Waals surface area contributed by atoms with Gasteiger partial charge < -0.3 is 5.32 Å². The van der Waals surface area contributed by atoms with Crippen LogP contribution in [-0.2, 0) is 20.0 Å². The summed E-state index contributed by atoms with van der Waals surface area (Å²) in [4.78, 5) is 18.5. The second-order valence-corrected chi connectivity index (χ2v) is 10.2. The van der Waals surface area contributed by atoms with Crippen LogP contribution in [0.15, 0.2) is 82.6 Å². The molecule has 12 nitrogen and oxygen atoms in total. The molecular formula is C20H16N6O6S2. The van der Waals surface area contributed by atoms with Crippen molar-refractivity contribution in [3.05, 3.63) is 82.9 Å². The molecule has 4 aromatic rings. The first-order valence-corrected chi connectivity index (χ1v) is 12.5. The van der Waals surface area contributed by atoms with Crippen molar-refractivity contribution >= 4 is 54.1 Å². The van der Waals surface area contributed by atoms with Crippen molar-refractivity contribution in [1.82, 2.24) is 9.97 Å². The molecule has 1 heterocycles. The summed E-state index contributed by atoms with van der Waals surface area (Å²) >= 11 is 0. The van der Waals surface area contributed by atoms with Gasteiger partial charge in [0.1, 0.15) is 0 Å². The predicted octanol–water partition coefficient (Wildman–Crippen LogP) is 2.73. The normalized spacial score (nSPS) is 11.8. The van der Waals surface area contributed by atoms with Crippen molar-refractivity contribution in [3.8, 4) is 0 Å². The Hall–Kier alpha value is -4.14. The van der Waals surface area contributed by atoms with Gasteiger partial charge in [-0.05, 0) is 36.4 Å². The maximum absolute atomic E-state index is 13.0. The zero-order valence-corrected chi connectivity index (χ0v) is 18.7. The highest BCUT2D eigenvalue weighted by molar-refractivity contribution is 7.92. The van der Waals surface area contributed by atoms with Crippen LogP contribution in [0.2, 0.25) is 0 Å². The lowest BCUT2D eigenvalue weighted by Gasteiger charge is -2.14. The van der Waals surface area contributed by atoms with Gasteiger partial charge in [0.05, 0.1) is 25.7 Å². The highest BCUT2D eigenvalue weighted by Crippen LogP contribution is 2.28. The molecule has 3 aromatic carbocycles. The Balaban J connectivity index is 1.79. The average molecular weight is 501 g/mol. The number of hydrogen-bond donors (Lipinski definition) is 3. The molecular weight excluding hydrogens is 484 g/mol. The molecule has 4 N–H and O–H groups in total. The third-order valence-electron chi connectivity index (χ3n) is 4.57. The van der Waals surface area contributed by atoms with Crippen LogP contribution in [0.25, 0.3) is 11.0 Å². The van der Waals surface area contributed by atoms with Gasteiger partial charge in [-0.15, -0.1) is 0 Å². The average Bonchev–Trinajstić information content (AvgIpc) is 2.79. The van der Waals surface area contributed by atoms with E-state index in [2.05, 4.69) is 20.0 Å². The summed E-state index contributed by atoms with van der Waals surface area (Å²) in [5.41, 5.74) is 0.673. The molecule has 0 unspecified atom stereocenters. The maximum atomic E-state index is 13.0. The Bertz CT molecular complexity index is 1640. The van der Waals surface area contributed by atoms with Crippen LogP contribution in [-0.4, -0.2) is 31.7 Å². The number of sulfonamides is 2. The standard InChI is InChI=1S/C20H16N6O6S2/c21-33(29,30)15-7-3-5-13(11-15)22-19-20(24-18-10-2-1-9-17(18)23-19)25-34(31,32)16-8-4-6-14(12-16)26(27)28/h1-12H,(H,22,23)(H,24,25)(H2,21,29,30). The third-order valence-corrected chi connectivity index (χ3v) is 6.81. The summed E-state index contributed by atoms with van der Waals surface area (Å²) in [7, 11) is -8.28. The quantitative estimate of drug-likeness (QED) is 0.253. The summed E-state index contributed by atoms with van der Waals surface area (Å²) in [6.45, 7) is 0. The zero-order valence-electron chi connectivity index (χ0n) is 17.1. The predicted molar refractivity (Wildman–Crippen MR) is 125 cm³/mol. The number of non-ortho nitro benzene ring substituents is 1. The van der Waals surface area contributed by atoms with Gasteiger partial charge in [-0.1, -0.05) is 24.3 Å². The number of para-hydroxylation sites is 2. The molecule has 0 bridgehead atoms. The Morgan fingerprint density at radius 2 is 1.41 bits per heavy atom. The summed E-state index contributed by atoms with van der Waals surface area (Å²) < 4.78 is 51.6. The second kappa shape index (κ2) is 8.66. The molecule has 0 aliphatic heterocycles. The largest absolute Gasteiger partial charge is 0.337 e. The molecule has 4 rings (SSSR count). The Morgan fingerprint density at radius 1 is 0.794 bits per heavy atom. The van der Waals surface area contributed by atoms with E-state index in [1.807, 2.05) is 0 Å². The minimum atomic E-state index is -4.30. The molecule has 0 spiro atoms. The number of fused-ring (bicyclic) bond motifs is 1. The van der Waals surface area contributed by atoms with E-state index in [1.165, 1.54) is 42.5 Å². The number of nitrogens with zero attached hydrogens (tertiary/aromatic N) is 3. The van der Waals surface area contributed by atoms with Crippen molar-refractivity contribution in [2.24, 2.45) is 5.14 Å². The summed E-state index contributed by atoms with van der Waals surface area (Å²) in [5, 5.41) is 19.1. The molecule has 174 valence electrons. The lowest BCUT2D eigenvalue weighted by molar-refractivity contribution is -0.385. The van der Waals surface area contributed by atoms with E-state index in [0.717, 1.165) is 6.07 Å². The lowest BCUT2D eigenvalue weighted by atomic mass is 10.3. The molecule has 14 heteroatoms. The number of rotatable bonds is 7. The summed E-state index contributed by atoms with van der Waals surface area (Å²) in [6.07, 6.45) is 0. The number of nitro groups is 1. The number of hydrogen-bond acceptors (Lipinski definition) is 9. The maximum Gasteiger partial charge on any atom is 0.270 e. The van der Waals surface area contributed by atoms with E-state index in [1.54, 1.807) is 24.3 Å². The van der Waals surface area contributed by atoms with Crippen LogP contribution in [0.1, 0.15) is 0 Å². The molecule has 0 amide bonds. The summed E-state index contributed by atoms with van der Waals surface area (Å²) in [5.74, 6) is -0.231. The minimum absolute atomic E-state index is 0.0284. The van der Waals surface area contributed by atoms with Crippen LogP contribution in [0, 0.1) is 10.1 Å². The molecule has 0 saturated heterocycles. The van der Waals surface area contributed by atoms with Gasteiger partial charge in [0.25, 0.3) is 15.7 Å². The number of primary sulfonamides is 1. The van der Waals surface area contributed by atoms with Crippen LogP contribution in [0.4, 0.5) is 23.0 Å². The number of nitrogens with two attached hydrogens (primary N) is 1. The Kier molecular flexibility index (Phi) is 5.87. The van der Waals surface area contributed by atoms with Crippen molar-refractivity contribution in [2.45, 2.75) is 9.79 Å². The van der Waals surface area contributed by atoms with Gasteiger partial charge in [0.15, 0.2) is 11.6 Å². The van der Waals surface area contributed by atoms with E-state index < -0.39 is 30.7 Å². The fraction of sp³-hybridized carbons (Fsp3) is 0. The fourth-order valence-electron chi connectivity index (χ4n) is 3.00. The molecule has 0 fully saturated rings. The van der Waals surface area contributed by atoms with E-state index in [0.29, 0.717) is 11.0 Å². The van der Waals surface area contributed by atoms with Crippen molar-refractivity contribution in [3.63, 3.8) is 0 Å². The smallest absolute Gasteiger partial charge is 0.270 e. The van der Waals surface area contributed by atoms with E-state index in [-0.39, 0.29) is 27.1 Å². The Labute approximate surface area is 193 Å². The number of anilines is 3. The zero-order chi connectivity index (χ0) is 24.5. The number of benzene rings is 3. The van der Waals surface area contributed by atoms with Gasteiger partial charge in [0, 0.05) is 17.8 Å². The van der Waals surface area contributed by atoms with Crippen molar-refractivity contribution < 1.29 is 21.8 Å². The van der Waals surface area contributed by atoms with Gasteiger partial charge in [-0.25, -0.2) is 31.9 Å². The number of nitrogens with one attached hydrogen (secondary N) is 2. The summed E-state index contributed by atoms with van der Waals surface area (Å²) in [6, 6.07) is 16.8. The SMILES string of the molecule is NS(=O)(=O)c1cccc(Nc2nc3ccccc3nc2NS(=O)(=O)c2cccc([N+](=O)[O-])c2)c1. The lowest BCUT2D eigenvalue weighted by Crippen LogP contribution is -2.16. The van der Waals surface area contributed by atoms with E-state index >= 15 is 0 Å². The number of nitro benzene ring substituents is 1. The monoisotopic (exact) mass is 500 g/mol. The van der Waals surface area contributed by atoms with Crippen LogP contribution < -0.4 is 15.2 Å². The van der Waals surface area contributed by atoms with Gasteiger partial charge >= 0.3 is 0 Å². The molecule has 0 saturated carbocycles. The van der Waals surface area contributed by atoms with Crippen molar-refractivity contribution in [1.29, 1.82) is 0 Å². The van der Waals surface area contributed by atoms with Crippen molar-refractivity contribution in [2.75, 3.05) is 10.0 Å². The first-order valence-electron chi connectivity index (χ1n) is 9.47. The van der Waals surface area contributed by atoms with Gasteiger partial charge in [-0.2, -0.15) is 0 Å².